The van der Waals surface area contributed by atoms with E-state index in [9.17, 15) is 14.8 Å². The third kappa shape index (κ3) is 5.60. The second-order valence-electron chi connectivity index (χ2n) is 5.98. The van der Waals surface area contributed by atoms with Crippen LogP contribution in [0.3, 0.4) is 0 Å². The van der Waals surface area contributed by atoms with Crippen LogP contribution in [0, 0.1) is 5.21 Å². The van der Waals surface area contributed by atoms with Crippen LogP contribution in [0.25, 0.3) is 0 Å². The minimum absolute atomic E-state index is 0.152. The van der Waals surface area contributed by atoms with Gasteiger partial charge in [-0.3, -0.25) is 4.79 Å². The van der Waals surface area contributed by atoms with Crippen LogP contribution < -0.4 is 10.0 Å². The van der Waals surface area contributed by atoms with E-state index in [4.69, 9.17) is 4.74 Å². The van der Waals surface area contributed by atoms with E-state index >= 15 is 0 Å². The fourth-order valence-corrected chi connectivity index (χ4v) is 2.26. The molecule has 25 heavy (non-hydrogen) atoms. The number of benzene rings is 1. The topological polar surface area (TPSA) is 82.3 Å². The van der Waals surface area contributed by atoms with Crippen LogP contribution in [0.1, 0.15) is 41.4 Å². The molecule has 0 aliphatic rings. The number of esters is 1. The highest BCUT2D eigenvalue weighted by molar-refractivity contribution is 5.88. The number of nitrogens with one attached hydrogen (secondary N) is 1. The van der Waals surface area contributed by atoms with Crippen molar-refractivity contribution in [2.24, 2.45) is 0 Å². The van der Waals surface area contributed by atoms with Crippen molar-refractivity contribution in [2.45, 2.75) is 26.2 Å². The Morgan fingerprint density at radius 2 is 1.88 bits per heavy atom. The Morgan fingerprint density at radius 3 is 2.52 bits per heavy atom. The maximum absolute atomic E-state index is 11.7. The molecule has 0 atom stereocenters. The summed E-state index contributed by atoms with van der Waals surface area (Å²) in [5, 5.41) is 14.1. The Bertz CT molecular complexity index is 726. The van der Waals surface area contributed by atoms with Crippen molar-refractivity contribution in [3.8, 4) is 0 Å². The molecule has 0 bridgehead atoms. The molecule has 0 unspecified atom stereocenters. The quantitative estimate of drug-likeness (QED) is 0.474. The average molecular weight is 342 g/mol. The minimum Gasteiger partial charge on any atom is -0.618 e. The number of hydrogen-bond donors (Lipinski definition) is 1. The van der Waals surface area contributed by atoms with Gasteiger partial charge in [0.15, 0.2) is 12.8 Å². The molecule has 132 valence electrons. The van der Waals surface area contributed by atoms with E-state index in [2.05, 4.69) is 31.3 Å². The number of aromatic nitrogens is 1. The summed E-state index contributed by atoms with van der Waals surface area (Å²) >= 11 is 0. The van der Waals surface area contributed by atoms with Crippen LogP contribution in [-0.4, -0.2) is 25.0 Å². The Labute approximate surface area is 147 Å². The lowest BCUT2D eigenvalue weighted by atomic mass is 10.0. The molecule has 0 saturated carbocycles. The van der Waals surface area contributed by atoms with E-state index in [1.54, 1.807) is 6.07 Å². The molecule has 1 heterocycles. The molecule has 2 rings (SSSR count). The van der Waals surface area contributed by atoms with Gasteiger partial charge in [-0.15, -0.1) is 0 Å². The number of carbonyl (C=O) groups is 2. The first-order valence-corrected chi connectivity index (χ1v) is 8.18. The summed E-state index contributed by atoms with van der Waals surface area (Å²) in [7, 11) is 0. The molecule has 0 saturated heterocycles. The second kappa shape index (κ2) is 8.82. The standard InChI is InChI=1S/C19H22N2O4/c1-14(2)16-8-6-15(7-9-16)10-11-20-18(22)13-25-19(23)17-5-3-4-12-21(17)24/h3-9,12,14H,10-11,13H2,1-2H3,(H,20,22). The van der Waals surface area contributed by atoms with Gasteiger partial charge >= 0.3 is 11.7 Å². The lowest BCUT2D eigenvalue weighted by molar-refractivity contribution is -0.608. The molecule has 2 aromatic rings. The van der Waals surface area contributed by atoms with Gasteiger partial charge in [-0.25, -0.2) is 4.79 Å². The maximum atomic E-state index is 11.7. The molecule has 6 nitrogen and oxygen atoms in total. The van der Waals surface area contributed by atoms with Crippen molar-refractivity contribution in [3.05, 3.63) is 70.7 Å². The smallest absolute Gasteiger partial charge is 0.405 e. The molecule has 0 spiro atoms. The number of pyridine rings is 1. The third-order valence-electron chi connectivity index (χ3n) is 3.75. The fraction of sp³-hybridized carbons (Fsp3) is 0.316. The summed E-state index contributed by atoms with van der Waals surface area (Å²) in [4.78, 5) is 23.5. The van der Waals surface area contributed by atoms with Crippen LogP contribution >= 0.6 is 0 Å². The number of nitrogens with zero attached hydrogens (tertiary/aromatic N) is 1. The van der Waals surface area contributed by atoms with E-state index in [0.717, 1.165) is 5.56 Å². The van der Waals surface area contributed by atoms with E-state index in [1.807, 2.05) is 12.1 Å². The SMILES string of the molecule is CC(C)c1ccc(CCNC(=O)COC(=O)c2cccc[n+]2[O-])cc1. The molecule has 0 aliphatic heterocycles. The minimum atomic E-state index is -0.824. The molecule has 1 aromatic heterocycles. The Balaban J connectivity index is 1.72. The van der Waals surface area contributed by atoms with Gasteiger partial charge in [0.1, 0.15) is 0 Å². The summed E-state index contributed by atoms with van der Waals surface area (Å²) in [5.41, 5.74) is 2.25. The zero-order valence-electron chi connectivity index (χ0n) is 14.4. The highest BCUT2D eigenvalue weighted by Crippen LogP contribution is 2.14. The van der Waals surface area contributed by atoms with Crippen LogP contribution in [-0.2, 0) is 16.0 Å². The van der Waals surface area contributed by atoms with E-state index in [0.29, 0.717) is 23.6 Å². The van der Waals surface area contributed by atoms with Gasteiger partial charge in [0.25, 0.3) is 5.91 Å². The zero-order valence-corrected chi connectivity index (χ0v) is 14.4. The zero-order chi connectivity index (χ0) is 18.2. The van der Waals surface area contributed by atoms with Gasteiger partial charge in [0.2, 0.25) is 0 Å². The van der Waals surface area contributed by atoms with E-state index in [1.165, 1.54) is 23.9 Å². The van der Waals surface area contributed by atoms with Crippen molar-refractivity contribution in [3.63, 3.8) is 0 Å². The summed E-state index contributed by atoms with van der Waals surface area (Å²) in [6.07, 6.45) is 1.89. The van der Waals surface area contributed by atoms with Gasteiger partial charge < -0.3 is 15.3 Å². The highest BCUT2D eigenvalue weighted by Gasteiger charge is 2.17. The molecule has 0 fully saturated rings. The number of carbonyl (C=O) groups excluding carboxylic acids is 2. The molecular weight excluding hydrogens is 320 g/mol. The number of hydrogen-bond acceptors (Lipinski definition) is 4. The second-order valence-corrected chi connectivity index (χ2v) is 5.98. The highest BCUT2D eigenvalue weighted by atomic mass is 16.5. The number of rotatable bonds is 7. The first-order chi connectivity index (χ1) is 12.0. The molecule has 6 heteroatoms. The summed E-state index contributed by atoms with van der Waals surface area (Å²) in [6.45, 7) is 4.31. The average Bonchev–Trinajstić information content (AvgIpc) is 2.60. The largest absolute Gasteiger partial charge is 0.618 e. The van der Waals surface area contributed by atoms with Crippen LogP contribution in [0.2, 0.25) is 0 Å². The van der Waals surface area contributed by atoms with Crippen molar-refractivity contribution < 1.29 is 19.1 Å². The van der Waals surface area contributed by atoms with Gasteiger partial charge in [-0.1, -0.05) is 38.1 Å². The van der Waals surface area contributed by atoms with Crippen LogP contribution in [0.5, 0.6) is 0 Å². The van der Waals surface area contributed by atoms with Gasteiger partial charge in [0, 0.05) is 18.7 Å². The van der Waals surface area contributed by atoms with Crippen molar-refractivity contribution >= 4 is 11.9 Å². The number of ether oxygens (including phenoxy) is 1. The third-order valence-corrected chi connectivity index (χ3v) is 3.75. The first-order valence-electron chi connectivity index (χ1n) is 8.18. The monoisotopic (exact) mass is 342 g/mol. The first kappa shape index (κ1) is 18.4. The Morgan fingerprint density at radius 1 is 1.16 bits per heavy atom. The number of amides is 1. The molecular formula is C19H22N2O4. The molecule has 1 aromatic carbocycles. The van der Waals surface area contributed by atoms with Crippen molar-refractivity contribution in [2.75, 3.05) is 13.2 Å². The van der Waals surface area contributed by atoms with Crippen molar-refractivity contribution in [1.29, 1.82) is 0 Å². The summed E-state index contributed by atoms with van der Waals surface area (Å²) in [6, 6.07) is 12.7. The van der Waals surface area contributed by atoms with E-state index in [-0.39, 0.29) is 5.69 Å². The maximum Gasteiger partial charge on any atom is 0.405 e. The van der Waals surface area contributed by atoms with Crippen LogP contribution in [0.15, 0.2) is 48.7 Å². The van der Waals surface area contributed by atoms with Gasteiger partial charge in [-0.05, 0) is 29.5 Å². The fourth-order valence-electron chi connectivity index (χ4n) is 2.26. The van der Waals surface area contributed by atoms with Crippen LogP contribution in [0.4, 0.5) is 0 Å². The predicted octanol–water partition coefficient (Wildman–Crippen LogP) is 1.96. The van der Waals surface area contributed by atoms with Gasteiger partial charge in [0.05, 0.1) is 0 Å². The Hall–Kier alpha value is -2.89. The molecule has 1 amide bonds. The molecule has 1 N–H and O–H groups in total. The van der Waals surface area contributed by atoms with Gasteiger partial charge in [-0.2, -0.15) is 4.73 Å². The normalized spacial score (nSPS) is 10.5. The predicted molar refractivity (Wildman–Crippen MR) is 92.9 cm³/mol. The molecule has 0 aliphatic carbocycles. The van der Waals surface area contributed by atoms with E-state index < -0.39 is 18.5 Å². The lowest BCUT2D eigenvalue weighted by Crippen LogP contribution is -2.36. The summed E-state index contributed by atoms with van der Waals surface area (Å²) < 4.78 is 5.25. The lowest BCUT2D eigenvalue weighted by Gasteiger charge is -2.08. The Kier molecular flexibility index (Phi) is 6.51. The van der Waals surface area contributed by atoms with Crippen molar-refractivity contribution in [1.82, 2.24) is 5.32 Å². The molecule has 0 radical (unpaired) electrons. The summed E-state index contributed by atoms with van der Waals surface area (Å²) in [5.74, 6) is -0.739.